The number of hydrogen-bond acceptors (Lipinski definition) is 2. The predicted molar refractivity (Wildman–Crippen MR) is 74.2 cm³/mol. The molecule has 4 heteroatoms. The van der Waals surface area contributed by atoms with E-state index < -0.39 is 6.10 Å². The zero-order chi connectivity index (χ0) is 13.7. The number of rotatable bonds is 5. The van der Waals surface area contributed by atoms with E-state index in [1.807, 2.05) is 26.0 Å². The van der Waals surface area contributed by atoms with Gasteiger partial charge in [0.25, 0.3) is 5.91 Å². The van der Waals surface area contributed by atoms with Gasteiger partial charge in [0.05, 0.1) is 0 Å². The molecule has 98 valence electrons. The second-order valence-electron chi connectivity index (χ2n) is 4.16. The first-order valence-electron chi connectivity index (χ1n) is 5.77. The molecule has 1 rings (SSSR count). The van der Waals surface area contributed by atoms with Crippen molar-refractivity contribution in [2.24, 2.45) is 0 Å². The van der Waals surface area contributed by atoms with Gasteiger partial charge in [-0.15, -0.1) is 6.58 Å². The predicted octanol–water partition coefficient (Wildman–Crippen LogP) is 3.03. The van der Waals surface area contributed by atoms with Crippen LogP contribution >= 0.6 is 11.6 Å². The van der Waals surface area contributed by atoms with Crippen molar-refractivity contribution in [3.8, 4) is 5.75 Å². The van der Waals surface area contributed by atoms with Crippen LogP contribution in [-0.2, 0) is 4.79 Å². The van der Waals surface area contributed by atoms with E-state index in [0.29, 0.717) is 12.3 Å². The fraction of sp³-hybridized carbons (Fsp3) is 0.357. The van der Waals surface area contributed by atoms with Crippen LogP contribution in [0.2, 0.25) is 5.02 Å². The topological polar surface area (TPSA) is 38.3 Å². The van der Waals surface area contributed by atoms with Crippen molar-refractivity contribution in [3.63, 3.8) is 0 Å². The van der Waals surface area contributed by atoms with Crippen molar-refractivity contribution >= 4 is 17.5 Å². The SMILES string of the molecule is C=CCNC(=O)[C@@H](C)Oc1cc(C)c(Cl)c(C)c1. The molecule has 0 aromatic heterocycles. The number of carbonyl (C=O) groups is 1. The van der Waals surface area contributed by atoms with Gasteiger partial charge in [0.15, 0.2) is 6.10 Å². The molecule has 1 aromatic carbocycles. The molecule has 1 amide bonds. The Hall–Kier alpha value is -1.48. The van der Waals surface area contributed by atoms with Crippen molar-refractivity contribution in [2.75, 3.05) is 6.54 Å². The van der Waals surface area contributed by atoms with Crippen LogP contribution in [0.25, 0.3) is 0 Å². The molecule has 0 aliphatic heterocycles. The smallest absolute Gasteiger partial charge is 0.261 e. The van der Waals surface area contributed by atoms with Crippen LogP contribution in [0.4, 0.5) is 0 Å². The summed E-state index contributed by atoms with van der Waals surface area (Å²) >= 11 is 6.07. The van der Waals surface area contributed by atoms with Crippen LogP contribution in [0.1, 0.15) is 18.1 Å². The fourth-order valence-electron chi connectivity index (χ4n) is 1.55. The van der Waals surface area contributed by atoms with Crippen LogP contribution in [-0.4, -0.2) is 18.6 Å². The number of halogens is 1. The highest BCUT2D eigenvalue weighted by molar-refractivity contribution is 6.32. The van der Waals surface area contributed by atoms with E-state index in [1.54, 1.807) is 13.0 Å². The first kappa shape index (κ1) is 14.6. The Labute approximate surface area is 113 Å². The average molecular weight is 268 g/mol. The van der Waals surface area contributed by atoms with Gasteiger partial charge in [0.1, 0.15) is 5.75 Å². The third kappa shape index (κ3) is 3.77. The first-order chi connectivity index (χ1) is 8.45. The van der Waals surface area contributed by atoms with E-state index in [9.17, 15) is 4.79 Å². The molecule has 0 heterocycles. The van der Waals surface area contributed by atoms with Gasteiger partial charge in [-0.3, -0.25) is 4.79 Å². The summed E-state index contributed by atoms with van der Waals surface area (Å²) in [6.07, 6.45) is 1.08. The van der Waals surface area contributed by atoms with Crippen LogP contribution < -0.4 is 10.1 Å². The Morgan fingerprint density at radius 2 is 2.06 bits per heavy atom. The lowest BCUT2D eigenvalue weighted by molar-refractivity contribution is -0.127. The van der Waals surface area contributed by atoms with Gasteiger partial charge in [0.2, 0.25) is 0 Å². The summed E-state index contributed by atoms with van der Waals surface area (Å²) in [6.45, 7) is 9.50. The van der Waals surface area contributed by atoms with E-state index in [2.05, 4.69) is 11.9 Å². The molecular formula is C14H18ClNO2. The average Bonchev–Trinajstić information content (AvgIpc) is 2.32. The molecule has 1 atom stereocenters. The molecule has 0 saturated carbocycles. The molecule has 0 aliphatic rings. The fourth-order valence-corrected chi connectivity index (χ4v) is 1.66. The van der Waals surface area contributed by atoms with Gasteiger partial charge in [-0.1, -0.05) is 17.7 Å². The zero-order valence-corrected chi connectivity index (χ0v) is 11.7. The van der Waals surface area contributed by atoms with Crippen molar-refractivity contribution in [3.05, 3.63) is 40.9 Å². The molecular weight excluding hydrogens is 250 g/mol. The van der Waals surface area contributed by atoms with E-state index in [1.165, 1.54) is 0 Å². The minimum atomic E-state index is -0.551. The van der Waals surface area contributed by atoms with Crippen LogP contribution in [0.15, 0.2) is 24.8 Å². The lowest BCUT2D eigenvalue weighted by atomic mass is 10.1. The Balaban J connectivity index is 2.72. The first-order valence-corrected chi connectivity index (χ1v) is 6.15. The van der Waals surface area contributed by atoms with Crippen molar-refractivity contribution in [1.29, 1.82) is 0 Å². The molecule has 18 heavy (non-hydrogen) atoms. The van der Waals surface area contributed by atoms with Crippen LogP contribution in [0.3, 0.4) is 0 Å². The Kier molecular flexibility index (Phi) is 5.23. The van der Waals surface area contributed by atoms with E-state index >= 15 is 0 Å². The normalized spacial score (nSPS) is 11.8. The number of hydrogen-bond donors (Lipinski definition) is 1. The summed E-state index contributed by atoms with van der Waals surface area (Å²) in [7, 11) is 0. The number of amides is 1. The number of nitrogens with one attached hydrogen (secondary N) is 1. The largest absolute Gasteiger partial charge is 0.481 e. The summed E-state index contributed by atoms with van der Waals surface area (Å²) in [5.74, 6) is 0.482. The Morgan fingerprint density at radius 1 is 1.50 bits per heavy atom. The summed E-state index contributed by atoms with van der Waals surface area (Å²) in [5.41, 5.74) is 1.87. The molecule has 0 saturated heterocycles. The second-order valence-corrected chi connectivity index (χ2v) is 4.54. The van der Waals surface area contributed by atoms with Gasteiger partial charge in [0, 0.05) is 11.6 Å². The highest BCUT2D eigenvalue weighted by atomic mass is 35.5. The molecule has 0 aliphatic carbocycles. The molecule has 3 nitrogen and oxygen atoms in total. The molecule has 1 aromatic rings. The Bertz CT molecular complexity index is 434. The number of benzene rings is 1. The quantitative estimate of drug-likeness (QED) is 0.833. The minimum absolute atomic E-state index is 0.167. The maximum absolute atomic E-state index is 11.6. The van der Waals surface area contributed by atoms with E-state index in [4.69, 9.17) is 16.3 Å². The molecule has 0 bridgehead atoms. The summed E-state index contributed by atoms with van der Waals surface area (Å²) in [4.78, 5) is 11.6. The van der Waals surface area contributed by atoms with Crippen molar-refractivity contribution < 1.29 is 9.53 Å². The second kappa shape index (κ2) is 6.45. The number of carbonyl (C=O) groups excluding carboxylic acids is 1. The maximum Gasteiger partial charge on any atom is 0.261 e. The molecule has 0 fully saturated rings. The highest BCUT2D eigenvalue weighted by Crippen LogP contribution is 2.26. The van der Waals surface area contributed by atoms with E-state index in [-0.39, 0.29) is 5.91 Å². The minimum Gasteiger partial charge on any atom is -0.481 e. The van der Waals surface area contributed by atoms with Crippen LogP contribution in [0, 0.1) is 13.8 Å². The zero-order valence-electron chi connectivity index (χ0n) is 10.9. The van der Waals surface area contributed by atoms with Gasteiger partial charge in [-0.2, -0.15) is 0 Å². The Morgan fingerprint density at radius 3 is 2.56 bits per heavy atom. The highest BCUT2D eigenvalue weighted by Gasteiger charge is 2.14. The summed E-state index contributed by atoms with van der Waals surface area (Å²) in [5, 5.41) is 3.41. The van der Waals surface area contributed by atoms with E-state index in [0.717, 1.165) is 16.1 Å². The van der Waals surface area contributed by atoms with Gasteiger partial charge in [-0.25, -0.2) is 0 Å². The molecule has 0 radical (unpaired) electrons. The standard InChI is InChI=1S/C14H18ClNO2/c1-5-6-16-14(17)11(4)18-12-7-9(2)13(15)10(3)8-12/h5,7-8,11H,1,6H2,2-4H3,(H,16,17)/t11-/m1/s1. The monoisotopic (exact) mass is 267 g/mol. The van der Waals surface area contributed by atoms with Crippen molar-refractivity contribution in [1.82, 2.24) is 5.32 Å². The number of aryl methyl sites for hydroxylation is 2. The molecule has 1 N–H and O–H groups in total. The summed E-state index contributed by atoms with van der Waals surface area (Å²) in [6, 6.07) is 3.65. The summed E-state index contributed by atoms with van der Waals surface area (Å²) < 4.78 is 5.58. The van der Waals surface area contributed by atoms with Gasteiger partial charge >= 0.3 is 0 Å². The third-order valence-corrected chi connectivity index (χ3v) is 3.11. The van der Waals surface area contributed by atoms with Crippen molar-refractivity contribution in [2.45, 2.75) is 26.9 Å². The maximum atomic E-state index is 11.6. The number of ether oxygens (including phenoxy) is 1. The lowest BCUT2D eigenvalue weighted by Crippen LogP contribution is -2.36. The van der Waals surface area contributed by atoms with Gasteiger partial charge in [-0.05, 0) is 44.0 Å². The van der Waals surface area contributed by atoms with Gasteiger partial charge < -0.3 is 10.1 Å². The molecule has 0 unspecified atom stereocenters. The lowest BCUT2D eigenvalue weighted by Gasteiger charge is -2.15. The van der Waals surface area contributed by atoms with Crippen LogP contribution in [0.5, 0.6) is 5.75 Å². The molecule has 0 spiro atoms. The third-order valence-electron chi connectivity index (χ3n) is 2.51.